The number of benzene rings is 1. The highest BCUT2D eigenvalue weighted by Gasteiger charge is 2.24. The first kappa shape index (κ1) is 14.7. The van der Waals surface area contributed by atoms with Gasteiger partial charge >= 0.3 is 0 Å². The summed E-state index contributed by atoms with van der Waals surface area (Å²) in [5.41, 5.74) is 6.68. The van der Waals surface area contributed by atoms with E-state index in [1.165, 1.54) is 16.9 Å². The van der Waals surface area contributed by atoms with Gasteiger partial charge in [0.15, 0.2) is 0 Å². The number of pyridine rings is 1. The maximum Gasteiger partial charge on any atom is 0.137 e. The van der Waals surface area contributed by atoms with Crippen molar-refractivity contribution >= 4 is 40.4 Å². The van der Waals surface area contributed by atoms with Crippen molar-refractivity contribution in [2.45, 2.75) is 13.8 Å². The maximum absolute atomic E-state index is 6.19. The van der Waals surface area contributed by atoms with Crippen LogP contribution in [0.1, 0.15) is 17.0 Å². The molecule has 3 nitrogen and oxygen atoms in total. The number of hydrogen-bond donors (Lipinski definition) is 0. The van der Waals surface area contributed by atoms with Crippen LogP contribution in [0.2, 0.25) is 5.02 Å². The molecule has 0 unspecified atom stereocenters. The average molecular weight is 342 g/mol. The lowest BCUT2D eigenvalue weighted by molar-refractivity contribution is 1.10. The fourth-order valence-electron chi connectivity index (χ4n) is 2.96. The molecule has 116 valence electrons. The van der Waals surface area contributed by atoms with Gasteiger partial charge in [-0.05, 0) is 49.1 Å². The van der Waals surface area contributed by atoms with Crippen LogP contribution in [-0.4, -0.2) is 15.3 Å². The van der Waals surface area contributed by atoms with Gasteiger partial charge in [0.25, 0.3) is 0 Å². The van der Waals surface area contributed by atoms with E-state index >= 15 is 0 Å². The van der Waals surface area contributed by atoms with E-state index in [1.54, 1.807) is 11.8 Å². The average Bonchev–Trinajstić information content (AvgIpc) is 3.10. The van der Waals surface area contributed by atoms with Gasteiger partial charge in [-0.15, -0.1) is 11.8 Å². The van der Waals surface area contributed by atoms with Crippen LogP contribution in [0.3, 0.4) is 0 Å². The highest BCUT2D eigenvalue weighted by Crippen LogP contribution is 2.37. The van der Waals surface area contributed by atoms with Crippen LogP contribution in [-0.2, 0) is 0 Å². The summed E-state index contributed by atoms with van der Waals surface area (Å²) < 4.78 is 2.08. The summed E-state index contributed by atoms with van der Waals surface area (Å²) in [6, 6.07) is 12.4. The van der Waals surface area contributed by atoms with Gasteiger partial charge in [-0.1, -0.05) is 23.7 Å². The SMILES string of the molecule is Cc1cccc(N2CSC=C2c2c(C)nc3ccc(Cl)cn23)c1. The fraction of sp³-hybridized carbons (Fsp3) is 0.167. The molecule has 0 amide bonds. The van der Waals surface area contributed by atoms with Crippen molar-refractivity contribution in [3.8, 4) is 0 Å². The smallest absolute Gasteiger partial charge is 0.137 e. The maximum atomic E-state index is 6.19. The first-order valence-corrected chi connectivity index (χ1v) is 8.87. The Morgan fingerprint density at radius 2 is 2.04 bits per heavy atom. The molecule has 23 heavy (non-hydrogen) atoms. The van der Waals surface area contributed by atoms with Crippen LogP contribution in [0.5, 0.6) is 0 Å². The Morgan fingerprint density at radius 3 is 2.87 bits per heavy atom. The Hall–Kier alpha value is -1.91. The van der Waals surface area contributed by atoms with E-state index in [0.717, 1.165) is 22.9 Å². The highest BCUT2D eigenvalue weighted by atomic mass is 35.5. The largest absolute Gasteiger partial charge is 0.329 e. The quantitative estimate of drug-likeness (QED) is 0.645. The van der Waals surface area contributed by atoms with Crippen molar-refractivity contribution < 1.29 is 0 Å². The Labute approximate surface area is 144 Å². The third-order valence-electron chi connectivity index (χ3n) is 4.00. The number of thioether (sulfide) groups is 1. The minimum absolute atomic E-state index is 0.713. The molecular formula is C18H16ClN3S. The molecule has 0 atom stereocenters. The molecule has 0 fully saturated rings. The molecule has 3 aromatic rings. The number of rotatable bonds is 2. The van der Waals surface area contributed by atoms with Gasteiger partial charge in [0, 0.05) is 11.9 Å². The molecule has 4 rings (SSSR count). The zero-order valence-corrected chi connectivity index (χ0v) is 14.5. The second-order valence-electron chi connectivity index (χ2n) is 5.69. The van der Waals surface area contributed by atoms with Crippen molar-refractivity contribution in [1.29, 1.82) is 0 Å². The van der Waals surface area contributed by atoms with Gasteiger partial charge in [0.05, 0.1) is 28.0 Å². The van der Waals surface area contributed by atoms with Gasteiger partial charge in [-0.2, -0.15) is 0 Å². The van der Waals surface area contributed by atoms with Crippen molar-refractivity contribution in [3.63, 3.8) is 0 Å². The summed E-state index contributed by atoms with van der Waals surface area (Å²) in [5, 5.41) is 2.92. The van der Waals surface area contributed by atoms with E-state index in [2.05, 4.69) is 57.8 Å². The molecule has 0 aliphatic carbocycles. The lowest BCUT2D eigenvalue weighted by Crippen LogP contribution is -2.18. The standard InChI is InChI=1S/C18H16ClN3S/c1-12-4-3-5-15(8-12)22-11-23-10-16(22)18-13(2)20-17-7-6-14(19)9-21(17)18/h3-10H,11H2,1-2H3. The molecule has 1 aromatic carbocycles. The van der Waals surface area contributed by atoms with Crippen molar-refractivity contribution in [3.05, 3.63) is 70.0 Å². The number of imidazole rings is 1. The molecular weight excluding hydrogens is 326 g/mol. The van der Waals surface area contributed by atoms with Crippen LogP contribution in [0.25, 0.3) is 11.3 Å². The van der Waals surface area contributed by atoms with Crippen LogP contribution in [0.15, 0.2) is 48.0 Å². The lowest BCUT2D eigenvalue weighted by atomic mass is 10.2. The van der Waals surface area contributed by atoms with Crippen LogP contribution >= 0.6 is 23.4 Å². The Morgan fingerprint density at radius 1 is 1.17 bits per heavy atom. The number of anilines is 1. The van der Waals surface area contributed by atoms with E-state index in [-0.39, 0.29) is 0 Å². The lowest BCUT2D eigenvalue weighted by Gasteiger charge is -2.22. The van der Waals surface area contributed by atoms with Crippen molar-refractivity contribution in [2.75, 3.05) is 10.8 Å². The van der Waals surface area contributed by atoms with Gasteiger partial charge in [-0.25, -0.2) is 4.98 Å². The first-order valence-electron chi connectivity index (χ1n) is 7.44. The Bertz CT molecular complexity index is 929. The molecule has 5 heteroatoms. The molecule has 3 heterocycles. The first-order chi connectivity index (χ1) is 11.1. The van der Waals surface area contributed by atoms with E-state index < -0.39 is 0 Å². The number of aryl methyl sites for hydroxylation is 2. The monoisotopic (exact) mass is 341 g/mol. The van der Waals surface area contributed by atoms with Gasteiger partial charge in [0.1, 0.15) is 5.65 Å². The Kier molecular flexibility index (Phi) is 3.58. The number of aromatic nitrogens is 2. The van der Waals surface area contributed by atoms with E-state index in [4.69, 9.17) is 11.6 Å². The summed E-state index contributed by atoms with van der Waals surface area (Å²) in [6.45, 7) is 4.17. The van der Waals surface area contributed by atoms with Crippen LogP contribution in [0.4, 0.5) is 5.69 Å². The summed E-state index contributed by atoms with van der Waals surface area (Å²) in [6.07, 6.45) is 1.93. The van der Waals surface area contributed by atoms with Gasteiger partial charge in [0.2, 0.25) is 0 Å². The highest BCUT2D eigenvalue weighted by molar-refractivity contribution is 8.02. The van der Waals surface area contributed by atoms with Crippen molar-refractivity contribution in [2.24, 2.45) is 0 Å². The molecule has 0 spiro atoms. The molecule has 0 saturated heterocycles. The van der Waals surface area contributed by atoms with Crippen LogP contribution < -0.4 is 4.90 Å². The second-order valence-corrected chi connectivity index (χ2v) is 6.95. The van der Waals surface area contributed by atoms with Gasteiger partial charge < -0.3 is 4.90 Å². The molecule has 0 saturated carbocycles. The molecule has 0 bridgehead atoms. The second kappa shape index (κ2) is 5.62. The number of nitrogens with zero attached hydrogens (tertiary/aromatic N) is 3. The number of fused-ring (bicyclic) bond motifs is 1. The zero-order valence-electron chi connectivity index (χ0n) is 13.0. The predicted molar refractivity (Wildman–Crippen MR) is 99.0 cm³/mol. The molecule has 1 aliphatic rings. The predicted octanol–water partition coefficient (Wildman–Crippen LogP) is 5.11. The van der Waals surface area contributed by atoms with E-state index in [9.17, 15) is 0 Å². The summed E-state index contributed by atoms with van der Waals surface area (Å²) in [5.74, 6) is 0.909. The van der Waals surface area contributed by atoms with Crippen LogP contribution in [0, 0.1) is 13.8 Å². The van der Waals surface area contributed by atoms with Gasteiger partial charge in [-0.3, -0.25) is 4.40 Å². The molecule has 2 aromatic heterocycles. The summed E-state index contributed by atoms with van der Waals surface area (Å²) in [7, 11) is 0. The topological polar surface area (TPSA) is 20.5 Å². The third kappa shape index (κ3) is 2.52. The number of halogens is 1. The van der Waals surface area contributed by atoms with E-state index in [0.29, 0.717) is 5.02 Å². The fourth-order valence-corrected chi connectivity index (χ4v) is 4.03. The third-order valence-corrected chi connectivity index (χ3v) is 5.02. The molecule has 0 N–H and O–H groups in total. The van der Waals surface area contributed by atoms with E-state index in [1.807, 2.05) is 18.3 Å². The summed E-state index contributed by atoms with van der Waals surface area (Å²) in [4.78, 5) is 7.00. The normalized spacial score (nSPS) is 14.6. The zero-order chi connectivity index (χ0) is 16.0. The molecule has 1 aliphatic heterocycles. The minimum Gasteiger partial charge on any atom is -0.329 e. The number of hydrogen-bond acceptors (Lipinski definition) is 3. The Balaban J connectivity index is 1.86. The minimum atomic E-state index is 0.713. The van der Waals surface area contributed by atoms with Crippen molar-refractivity contribution in [1.82, 2.24) is 9.38 Å². The summed E-state index contributed by atoms with van der Waals surface area (Å²) >= 11 is 7.99. The molecule has 0 radical (unpaired) electrons.